The monoisotopic (exact) mass is 505 g/mol. The molecule has 0 atom stereocenters. The van der Waals surface area contributed by atoms with Crippen molar-refractivity contribution in [2.75, 3.05) is 17.5 Å². The van der Waals surface area contributed by atoms with Gasteiger partial charge in [0, 0.05) is 5.02 Å². The van der Waals surface area contributed by atoms with Crippen LogP contribution >= 0.6 is 23.2 Å². The largest absolute Gasteiger partial charge is 0.482 e. The third-order valence-corrected chi connectivity index (χ3v) is 4.64. The van der Waals surface area contributed by atoms with Crippen LogP contribution in [-0.4, -0.2) is 33.3 Å². The molecule has 1 heterocycles. The first-order chi connectivity index (χ1) is 16.3. The minimum absolute atomic E-state index is 0.0471. The van der Waals surface area contributed by atoms with Crippen LogP contribution in [0.3, 0.4) is 0 Å². The molecule has 2 amide bonds. The van der Waals surface area contributed by atoms with Crippen LogP contribution in [0.4, 0.5) is 17.3 Å². The number of carbonyl (C=O) groups is 2. The Morgan fingerprint density at radius 2 is 1.62 bits per heavy atom. The summed E-state index contributed by atoms with van der Waals surface area (Å²) in [7, 11) is 0. The Morgan fingerprint density at radius 3 is 2.24 bits per heavy atom. The average molecular weight is 506 g/mol. The molecule has 0 saturated heterocycles. The van der Waals surface area contributed by atoms with Crippen LogP contribution in [0.25, 0.3) is 0 Å². The molecule has 0 spiro atoms. The standard InChI is InChI=1S/C20H17Cl2N7O5/c21-13-6-7-15(14(22)9-13)34-10-17(31)26-28-20-18(29(32)33)19(23-11-24-20)27-25-16(30)8-12-4-2-1-3-5-12/h1-7,9,11H,8,10H2,(H,25,30)(H,26,31)(H2,23,24,27,28). The first-order valence-corrected chi connectivity index (χ1v) is 10.3. The van der Waals surface area contributed by atoms with E-state index in [1.54, 1.807) is 24.3 Å². The normalized spacial score (nSPS) is 10.2. The Kier molecular flexibility index (Phi) is 8.37. The Labute approximate surface area is 202 Å². The van der Waals surface area contributed by atoms with Gasteiger partial charge in [0.25, 0.3) is 5.91 Å². The number of amides is 2. The summed E-state index contributed by atoms with van der Waals surface area (Å²) in [5.41, 5.74) is 9.47. The molecule has 0 unspecified atom stereocenters. The first-order valence-electron chi connectivity index (χ1n) is 9.54. The summed E-state index contributed by atoms with van der Waals surface area (Å²) in [6.45, 7) is -0.451. The maximum atomic E-state index is 12.1. The lowest BCUT2D eigenvalue weighted by Crippen LogP contribution is -2.35. The van der Waals surface area contributed by atoms with E-state index in [9.17, 15) is 19.7 Å². The number of hydrogen-bond donors (Lipinski definition) is 4. The maximum absolute atomic E-state index is 12.1. The lowest BCUT2D eigenvalue weighted by atomic mass is 10.1. The quantitative estimate of drug-likeness (QED) is 0.239. The van der Waals surface area contributed by atoms with Gasteiger partial charge in [0.15, 0.2) is 6.61 Å². The summed E-state index contributed by atoms with van der Waals surface area (Å²) in [5, 5.41) is 12.2. The molecule has 0 aliphatic carbocycles. The lowest BCUT2D eigenvalue weighted by molar-refractivity contribution is -0.383. The summed E-state index contributed by atoms with van der Waals surface area (Å²) in [5.74, 6) is -1.50. The minimum atomic E-state index is -0.774. The zero-order valence-corrected chi connectivity index (χ0v) is 18.8. The molecule has 0 saturated carbocycles. The van der Waals surface area contributed by atoms with Crippen LogP contribution in [-0.2, 0) is 16.0 Å². The van der Waals surface area contributed by atoms with Crippen LogP contribution in [0.15, 0.2) is 54.9 Å². The number of rotatable bonds is 10. The third kappa shape index (κ3) is 6.92. The molecule has 1 aromatic heterocycles. The molecule has 0 aliphatic rings. The van der Waals surface area contributed by atoms with E-state index in [2.05, 4.69) is 31.7 Å². The highest BCUT2D eigenvalue weighted by atomic mass is 35.5. The van der Waals surface area contributed by atoms with Crippen molar-refractivity contribution in [2.24, 2.45) is 0 Å². The van der Waals surface area contributed by atoms with Gasteiger partial charge in [-0.25, -0.2) is 9.97 Å². The van der Waals surface area contributed by atoms with Crippen molar-refractivity contribution in [1.82, 2.24) is 20.8 Å². The predicted octanol–water partition coefficient (Wildman–Crippen LogP) is 2.90. The van der Waals surface area contributed by atoms with Gasteiger partial charge in [0.1, 0.15) is 12.1 Å². The van der Waals surface area contributed by atoms with Gasteiger partial charge in [-0.05, 0) is 23.8 Å². The van der Waals surface area contributed by atoms with E-state index in [0.29, 0.717) is 5.02 Å². The average Bonchev–Trinajstić information content (AvgIpc) is 2.81. The summed E-state index contributed by atoms with van der Waals surface area (Å²) >= 11 is 11.8. The van der Waals surface area contributed by atoms with Gasteiger partial charge in [-0.3, -0.25) is 41.4 Å². The molecule has 12 nitrogen and oxygen atoms in total. The highest BCUT2D eigenvalue weighted by Crippen LogP contribution is 2.28. The predicted molar refractivity (Wildman–Crippen MR) is 124 cm³/mol. The second-order valence-electron chi connectivity index (χ2n) is 6.55. The fourth-order valence-electron chi connectivity index (χ4n) is 2.59. The number of aromatic nitrogens is 2. The van der Waals surface area contributed by atoms with E-state index in [1.807, 2.05) is 6.07 Å². The van der Waals surface area contributed by atoms with Gasteiger partial charge in [-0.1, -0.05) is 53.5 Å². The van der Waals surface area contributed by atoms with Gasteiger partial charge in [-0.15, -0.1) is 0 Å². The molecule has 0 fully saturated rings. The summed E-state index contributed by atoms with van der Waals surface area (Å²) in [6, 6.07) is 13.4. The van der Waals surface area contributed by atoms with Gasteiger partial charge >= 0.3 is 5.69 Å². The minimum Gasteiger partial charge on any atom is -0.482 e. The van der Waals surface area contributed by atoms with Crippen molar-refractivity contribution in [2.45, 2.75) is 6.42 Å². The number of benzene rings is 2. The van der Waals surface area contributed by atoms with E-state index in [1.165, 1.54) is 18.2 Å². The molecule has 3 aromatic rings. The van der Waals surface area contributed by atoms with E-state index >= 15 is 0 Å². The van der Waals surface area contributed by atoms with Crippen LogP contribution in [0.2, 0.25) is 10.0 Å². The smallest absolute Gasteiger partial charge is 0.356 e. The Morgan fingerprint density at radius 1 is 0.971 bits per heavy atom. The third-order valence-electron chi connectivity index (χ3n) is 4.11. The second kappa shape index (κ2) is 11.6. The van der Waals surface area contributed by atoms with Gasteiger partial charge in [0.2, 0.25) is 17.5 Å². The molecule has 3 rings (SSSR count). The molecule has 14 heteroatoms. The van der Waals surface area contributed by atoms with Gasteiger partial charge in [0.05, 0.1) is 16.4 Å². The van der Waals surface area contributed by atoms with E-state index in [0.717, 1.165) is 11.9 Å². The molecule has 0 radical (unpaired) electrons. The number of nitrogens with one attached hydrogen (secondary N) is 4. The molecular formula is C20H17Cl2N7O5. The molecular weight excluding hydrogens is 489 g/mol. The van der Waals surface area contributed by atoms with Crippen molar-refractivity contribution in [3.05, 3.63) is 80.6 Å². The lowest BCUT2D eigenvalue weighted by Gasteiger charge is -2.12. The molecule has 4 N–H and O–H groups in total. The van der Waals surface area contributed by atoms with E-state index < -0.39 is 29.0 Å². The zero-order valence-electron chi connectivity index (χ0n) is 17.2. The van der Waals surface area contributed by atoms with Crippen LogP contribution in [0.5, 0.6) is 5.75 Å². The number of hydrogen-bond acceptors (Lipinski definition) is 9. The number of hydrazine groups is 2. The number of carbonyl (C=O) groups excluding carboxylic acids is 2. The molecule has 0 bridgehead atoms. The van der Waals surface area contributed by atoms with Crippen molar-refractivity contribution < 1.29 is 19.2 Å². The van der Waals surface area contributed by atoms with Gasteiger partial charge < -0.3 is 4.74 Å². The fraction of sp³-hybridized carbons (Fsp3) is 0.100. The van der Waals surface area contributed by atoms with E-state index in [4.69, 9.17) is 27.9 Å². The maximum Gasteiger partial charge on any atom is 0.356 e. The van der Waals surface area contributed by atoms with E-state index in [-0.39, 0.29) is 28.8 Å². The highest BCUT2D eigenvalue weighted by Gasteiger charge is 2.24. The van der Waals surface area contributed by atoms with Crippen molar-refractivity contribution >= 4 is 52.3 Å². The summed E-state index contributed by atoms with van der Waals surface area (Å²) in [4.78, 5) is 42.5. The topological polar surface area (TPSA) is 160 Å². The zero-order chi connectivity index (χ0) is 24.5. The van der Waals surface area contributed by atoms with Crippen LogP contribution in [0.1, 0.15) is 5.56 Å². The van der Waals surface area contributed by atoms with Crippen molar-refractivity contribution in [3.8, 4) is 5.75 Å². The van der Waals surface area contributed by atoms with Gasteiger partial charge in [-0.2, -0.15) is 0 Å². The van der Waals surface area contributed by atoms with Crippen LogP contribution in [0, 0.1) is 10.1 Å². The Bertz CT molecular complexity index is 1200. The molecule has 176 valence electrons. The number of nitrogens with zero attached hydrogens (tertiary/aromatic N) is 3. The van der Waals surface area contributed by atoms with Crippen LogP contribution < -0.4 is 26.4 Å². The SMILES string of the molecule is O=C(COc1ccc(Cl)cc1Cl)NNc1ncnc(NNC(=O)Cc2ccccc2)c1[N+](=O)[O-]. The fourth-order valence-corrected chi connectivity index (χ4v) is 3.05. The van der Waals surface area contributed by atoms with Crippen molar-refractivity contribution in [1.29, 1.82) is 0 Å². The first kappa shape index (κ1) is 24.5. The number of halogens is 2. The second-order valence-corrected chi connectivity index (χ2v) is 7.39. The summed E-state index contributed by atoms with van der Waals surface area (Å²) < 4.78 is 5.29. The Hall–Kier alpha value is -4.16. The molecule has 0 aliphatic heterocycles. The Balaban J connectivity index is 1.58. The highest BCUT2D eigenvalue weighted by molar-refractivity contribution is 6.35. The van der Waals surface area contributed by atoms with Crippen molar-refractivity contribution in [3.63, 3.8) is 0 Å². The number of nitro groups is 1. The number of anilines is 2. The summed E-state index contributed by atoms with van der Waals surface area (Å²) in [6.07, 6.45) is 1.06. The number of ether oxygens (including phenoxy) is 1. The molecule has 2 aromatic carbocycles. The molecule has 34 heavy (non-hydrogen) atoms.